The molecule has 1 N–H and O–H groups in total. The maximum Gasteiger partial charge on any atom is 0.275 e. The van der Waals surface area contributed by atoms with Crippen molar-refractivity contribution in [3.05, 3.63) is 65.7 Å². The van der Waals surface area contributed by atoms with Crippen LogP contribution in [0, 0.1) is 6.92 Å². The highest BCUT2D eigenvalue weighted by molar-refractivity contribution is 6.02. The fourth-order valence-corrected chi connectivity index (χ4v) is 3.84. The molecular weight excluding hydrogens is 376 g/mol. The second kappa shape index (κ2) is 8.75. The first kappa shape index (κ1) is 20.2. The maximum atomic E-state index is 12.7. The van der Waals surface area contributed by atoms with Crippen LogP contribution in [0.5, 0.6) is 0 Å². The summed E-state index contributed by atoms with van der Waals surface area (Å²) >= 11 is 0. The van der Waals surface area contributed by atoms with Crippen LogP contribution in [0.2, 0.25) is 0 Å². The molecule has 0 spiro atoms. The average Bonchev–Trinajstić information content (AvgIpc) is 3.18. The topological polar surface area (TPSA) is 75.9 Å². The highest BCUT2D eigenvalue weighted by atomic mass is 16.2. The van der Waals surface area contributed by atoms with Crippen LogP contribution in [0.4, 0.5) is 5.82 Å². The van der Waals surface area contributed by atoms with E-state index in [9.17, 15) is 4.79 Å². The summed E-state index contributed by atoms with van der Waals surface area (Å²) < 4.78 is 1.73. The Labute approximate surface area is 177 Å². The van der Waals surface area contributed by atoms with Crippen LogP contribution in [0.1, 0.15) is 54.4 Å². The zero-order valence-electron chi connectivity index (χ0n) is 17.7. The predicted molar refractivity (Wildman–Crippen MR) is 117 cm³/mol. The summed E-state index contributed by atoms with van der Waals surface area (Å²) in [7, 11) is 0. The van der Waals surface area contributed by atoms with Crippen molar-refractivity contribution in [3.63, 3.8) is 0 Å². The third-order valence-electron chi connectivity index (χ3n) is 5.66. The Morgan fingerprint density at radius 1 is 1.13 bits per heavy atom. The molecule has 156 valence electrons. The van der Waals surface area contributed by atoms with Gasteiger partial charge in [-0.1, -0.05) is 12.1 Å². The molecule has 0 bridgehead atoms. The van der Waals surface area contributed by atoms with Crippen LogP contribution in [-0.2, 0) is 0 Å². The Bertz CT molecular complexity index is 988. The summed E-state index contributed by atoms with van der Waals surface area (Å²) in [5.41, 5.74) is 2.44. The van der Waals surface area contributed by atoms with Crippen LogP contribution in [0.15, 0.2) is 48.8 Å². The smallest absolute Gasteiger partial charge is 0.275 e. The molecule has 1 amide bonds. The van der Waals surface area contributed by atoms with Crippen LogP contribution in [-0.4, -0.2) is 49.7 Å². The van der Waals surface area contributed by atoms with Gasteiger partial charge in [0, 0.05) is 30.4 Å². The Morgan fingerprint density at radius 3 is 2.57 bits per heavy atom. The first-order valence-electron chi connectivity index (χ1n) is 10.5. The predicted octanol–water partition coefficient (Wildman–Crippen LogP) is 3.81. The van der Waals surface area contributed by atoms with E-state index in [1.807, 2.05) is 31.3 Å². The molecule has 1 aliphatic rings. The van der Waals surface area contributed by atoms with Gasteiger partial charge in [-0.05, 0) is 70.5 Å². The van der Waals surface area contributed by atoms with Gasteiger partial charge in [0.15, 0.2) is 5.82 Å². The van der Waals surface area contributed by atoms with Crippen LogP contribution in [0.25, 0.3) is 5.82 Å². The number of aryl methyl sites for hydroxylation is 1. The largest absolute Gasteiger partial charge is 0.305 e. The summed E-state index contributed by atoms with van der Waals surface area (Å²) in [5.74, 6) is 1.41. The van der Waals surface area contributed by atoms with E-state index < -0.39 is 0 Å². The number of aromatic nitrogens is 4. The Morgan fingerprint density at radius 2 is 1.93 bits per heavy atom. The lowest BCUT2D eigenvalue weighted by Crippen LogP contribution is -2.37. The number of carbonyl (C=O) groups is 1. The molecule has 3 aromatic rings. The molecule has 0 atom stereocenters. The molecule has 3 aromatic heterocycles. The van der Waals surface area contributed by atoms with Gasteiger partial charge in [0.25, 0.3) is 5.91 Å². The number of nitrogens with one attached hydrogen (secondary N) is 1. The van der Waals surface area contributed by atoms with E-state index in [4.69, 9.17) is 5.10 Å². The number of anilines is 1. The SMILES string of the molecule is Cc1ccc(-n2nc(C3CCN(C(C)C)CC3)cc2NC(=O)c2ccccn2)nc1. The number of pyridine rings is 2. The summed E-state index contributed by atoms with van der Waals surface area (Å²) in [4.78, 5) is 23.9. The highest BCUT2D eigenvalue weighted by Crippen LogP contribution is 2.30. The molecule has 30 heavy (non-hydrogen) atoms. The van der Waals surface area contributed by atoms with E-state index in [0.717, 1.165) is 37.2 Å². The number of hydrogen-bond donors (Lipinski definition) is 1. The summed E-state index contributed by atoms with van der Waals surface area (Å²) in [6.45, 7) is 8.60. The van der Waals surface area contributed by atoms with Gasteiger partial charge >= 0.3 is 0 Å². The lowest BCUT2D eigenvalue weighted by Gasteiger charge is -2.33. The zero-order chi connectivity index (χ0) is 21.1. The second-order valence-corrected chi connectivity index (χ2v) is 8.13. The highest BCUT2D eigenvalue weighted by Gasteiger charge is 2.26. The van der Waals surface area contributed by atoms with Gasteiger partial charge in [-0.2, -0.15) is 9.78 Å². The van der Waals surface area contributed by atoms with Gasteiger partial charge in [0.2, 0.25) is 0 Å². The Kier molecular flexibility index (Phi) is 5.90. The molecule has 1 aliphatic heterocycles. The minimum Gasteiger partial charge on any atom is -0.305 e. The van der Waals surface area contributed by atoms with Gasteiger partial charge in [0.05, 0.1) is 5.69 Å². The maximum absolute atomic E-state index is 12.7. The lowest BCUT2D eigenvalue weighted by atomic mass is 9.93. The number of piperidine rings is 1. The van der Waals surface area contributed by atoms with Crippen molar-refractivity contribution in [3.8, 4) is 5.82 Å². The molecule has 7 heteroatoms. The molecular formula is C23H28N6O. The molecule has 1 saturated heterocycles. The van der Waals surface area contributed by atoms with Crippen molar-refractivity contribution >= 4 is 11.7 Å². The van der Waals surface area contributed by atoms with Gasteiger partial charge < -0.3 is 10.2 Å². The molecule has 0 unspecified atom stereocenters. The molecule has 0 aliphatic carbocycles. The van der Waals surface area contributed by atoms with Crippen molar-refractivity contribution in [2.75, 3.05) is 18.4 Å². The van der Waals surface area contributed by atoms with E-state index in [0.29, 0.717) is 29.3 Å². The first-order valence-corrected chi connectivity index (χ1v) is 10.5. The van der Waals surface area contributed by atoms with E-state index in [2.05, 4.69) is 34.0 Å². The van der Waals surface area contributed by atoms with Crippen molar-refractivity contribution in [2.45, 2.75) is 45.6 Å². The zero-order valence-corrected chi connectivity index (χ0v) is 17.7. The molecule has 1 fully saturated rings. The molecule has 0 saturated carbocycles. The molecule has 0 aromatic carbocycles. The van der Waals surface area contributed by atoms with Gasteiger partial charge in [-0.3, -0.25) is 9.78 Å². The lowest BCUT2D eigenvalue weighted by molar-refractivity contribution is 0.102. The van der Waals surface area contributed by atoms with Gasteiger partial charge in [-0.15, -0.1) is 0 Å². The quantitative estimate of drug-likeness (QED) is 0.700. The fraction of sp³-hybridized carbons (Fsp3) is 0.391. The standard InChI is InChI=1S/C23H28N6O/c1-16(2)28-12-9-18(10-13-28)20-14-22(26-23(30)19-6-4-5-11-24-19)29(27-20)21-8-7-17(3)15-25-21/h4-8,11,14-16,18H,9-10,12-13H2,1-3H3,(H,26,30). The van der Waals surface area contributed by atoms with E-state index in [1.54, 1.807) is 29.1 Å². The number of nitrogens with zero attached hydrogens (tertiary/aromatic N) is 5. The number of carbonyl (C=O) groups excluding carboxylic acids is 1. The van der Waals surface area contributed by atoms with E-state index in [-0.39, 0.29) is 5.91 Å². The van der Waals surface area contributed by atoms with Crippen LogP contribution >= 0.6 is 0 Å². The third-order valence-corrected chi connectivity index (χ3v) is 5.66. The van der Waals surface area contributed by atoms with Crippen molar-refractivity contribution in [1.29, 1.82) is 0 Å². The summed E-state index contributed by atoms with van der Waals surface area (Å²) in [6.07, 6.45) is 5.54. The number of likely N-dealkylation sites (tertiary alicyclic amines) is 1. The van der Waals surface area contributed by atoms with E-state index >= 15 is 0 Å². The monoisotopic (exact) mass is 404 g/mol. The Hall–Kier alpha value is -3.06. The first-order chi connectivity index (χ1) is 14.5. The summed E-state index contributed by atoms with van der Waals surface area (Å²) in [5, 5.41) is 7.83. The normalized spacial score (nSPS) is 15.5. The van der Waals surface area contributed by atoms with Gasteiger partial charge in [0.1, 0.15) is 11.5 Å². The molecule has 7 nitrogen and oxygen atoms in total. The fourth-order valence-electron chi connectivity index (χ4n) is 3.84. The molecule has 0 radical (unpaired) electrons. The van der Waals surface area contributed by atoms with Crippen molar-refractivity contribution in [1.82, 2.24) is 24.6 Å². The molecule has 4 rings (SSSR count). The Balaban J connectivity index is 1.62. The number of amides is 1. The second-order valence-electron chi connectivity index (χ2n) is 8.13. The van der Waals surface area contributed by atoms with Crippen LogP contribution < -0.4 is 5.32 Å². The molecule has 4 heterocycles. The third kappa shape index (κ3) is 4.41. The van der Waals surface area contributed by atoms with Gasteiger partial charge in [-0.25, -0.2) is 4.98 Å². The summed E-state index contributed by atoms with van der Waals surface area (Å²) in [6, 6.07) is 11.8. The van der Waals surface area contributed by atoms with Crippen LogP contribution in [0.3, 0.4) is 0 Å². The van der Waals surface area contributed by atoms with Crippen molar-refractivity contribution in [2.24, 2.45) is 0 Å². The van der Waals surface area contributed by atoms with E-state index in [1.165, 1.54) is 0 Å². The number of rotatable bonds is 5. The minimum absolute atomic E-state index is 0.259. The average molecular weight is 405 g/mol. The van der Waals surface area contributed by atoms with Crippen molar-refractivity contribution < 1.29 is 4.79 Å². The number of hydrogen-bond acceptors (Lipinski definition) is 5. The minimum atomic E-state index is -0.259.